The van der Waals surface area contributed by atoms with Gasteiger partial charge in [-0.1, -0.05) is 66.2 Å². The fourth-order valence-corrected chi connectivity index (χ4v) is 2.79. The molecule has 0 spiro atoms. The maximum absolute atomic E-state index is 12.8. The number of nitrogens with one attached hydrogen (secondary N) is 2. The van der Waals surface area contributed by atoms with Crippen LogP contribution in [0, 0.1) is 0 Å². The van der Waals surface area contributed by atoms with Gasteiger partial charge in [0.1, 0.15) is 18.7 Å². The van der Waals surface area contributed by atoms with Crippen molar-refractivity contribution in [3.63, 3.8) is 0 Å². The molecule has 0 unspecified atom stereocenters. The Morgan fingerprint density at radius 1 is 0.933 bits per heavy atom. The van der Waals surface area contributed by atoms with Gasteiger partial charge in [-0.05, 0) is 24.5 Å². The van der Waals surface area contributed by atoms with Gasteiger partial charge in [-0.3, -0.25) is 4.79 Å². The summed E-state index contributed by atoms with van der Waals surface area (Å²) in [6.07, 6.45) is -0.480. The first-order valence-corrected chi connectivity index (χ1v) is 9.54. The lowest BCUT2D eigenvalue weighted by Crippen LogP contribution is -2.52. The Hall–Kier alpha value is -3.61. The zero-order valence-corrected chi connectivity index (χ0v) is 16.8. The molecule has 0 aliphatic heterocycles. The van der Waals surface area contributed by atoms with Gasteiger partial charge in [0.25, 0.3) is 0 Å². The van der Waals surface area contributed by atoms with Gasteiger partial charge in [0.15, 0.2) is 0 Å². The Bertz CT molecular complexity index is 868. The molecule has 0 aromatic heterocycles. The van der Waals surface area contributed by atoms with Crippen molar-refractivity contribution in [1.82, 2.24) is 10.6 Å². The lowest BCUT2D eigenvalue weighted by atomic mass is 10.0. The summed E-state index contributed by atoms with van der Waals surface area (Å²) in [5.41, 5.74) is 2.24. The molecule has 0 radical (unpaired) electrons. The maximum atomic E-state index is 12.8. The average Bonchev–Trinajstić information content (AvgIpc) is 2.72. The number of rotatable bonds is 10. The molecule has 7 heteroatoms. The first kappa shape index (κ1) is 22.7. The van der Waals surface area contributed by atoms with E-state index in [2.05, 4.69) is 17.2 Å². The molecule has 0 fully saturated rings. The zero-order chi connectivity index (χ0) is 21.9. The van der Waals surface area contributed by atoms with Crippen molar-refractivity contribution >= 4 is 18.0 Å². The van der Waals surface area contributed by atoms with Crippen LogP contribution in [-0.4, -0.2) is 35.2 Å². The fourth-order valence-electron chi connectivity index (χ4n) is 2.79. The van der Waals surface area contributed by atoms with E-state index in [0.717, 1.165) is 11.1 Å². The molecule has 30 heavy (non-hydrogen) atoms. The Morgan fingerprint density at radius 2 is 1.50 bits per heavy atom. The van der Waals surface area contributed by atoms with Crippen molar-refractivity contribution in [2.45, 2.75) is 38.5 Å². The van der Waals surface area contributed by atoms with E-state index >= 15 is 0 Å². The predicted molar refractivity (Wildman–Crippen MR) is 113 cm³/mol. The third kappa shape index (κ3) is 7.79. The molecule has 7 nitrogen and oxygen atoms in total. The average molecular weight is 410 g/mol. The molecular formula is C23H26N2O5. The second kappa shape index (κ2) is 11.4. The van der Waals surface area contributed by atoms with Crippen molar-refractivity contribution < 1.29 is 24.2 Å². The molecule has 2 atom stereocenters. The molecule has 2 aromatic carbocycles. The number of aliphatic carboxylic acids is 1. The zero-order valence-electron chi connectivity index (χ0n) is 16.8. The van der Waals surface area contributed by atoms with Crippen LogP contribution in [0.3, 0.4) is 0 Å². The van der Waals surface area contributed by atoms with E-state index in [4.69, 9.17) is 4.74 Å². The number of carboxylic acid groups (broad SMARTS) is 1. The molecule has 158 valence electrons. The summed E-state index contributed by atoms with van der Waals surface area (Å²) < 4.78 is 5.20. The molecule has 3 N–H and O–H groups in total. The molecule has 2 rings (SSSR count). The summed E-state index contributed by atoms with van der Waals surface area (Å²) >= 11 is 0. The minimum atomic E-state index is -1.17. The summed E-state index contributed by atoms with van der Waals surface area (Å²) in [6.45, 7) is 5.43. The van der Waals surface area contributed by atoms with Gasteiger partial charge in [0.2, 0.25) is 5.91 Å². The number of hydrogen-bond donors (Lipinski definition) is 3. The van der Waals surface area contributed by atoms with Crippen molar-refractivity contribution in [2.75, 3.05) is 0 Å². The van der Waals surface area contributed by atoms with E-state index < -0.39 is 30.1 Å². The molecule has 2 aromatic rings. The van der Waals surface area contributed by atoms with Crippen LogP contribution in [0.1, 0.15) is 24.5 Å². The molecular weight excluding hydrogens is 384 g/mol. The molecule has 2 amide bonds. The highest BCUT2D eigenvalue weighted by atomic mass is 16.5. The van der Waals surface area contributed by atoms with Crippen molar-refractivity contribution in [3.05, 3.63) is 83.9 Å². The monoisotopic (exact) mass is 410 g/mol. The lowest BCUT2D eigenvalue weighted by molar-refractivity contribution is -0.142. The maximum Gasteiger partial charge on any atom is 0.408 e. The first-order valence-electron chi connectivity index (χ1n) is 9.54. The smallest absolute Gasteiger partial charge is 0.408 e. The topological polar surface area (TPSA) is 105 Å². The van der Waals surface area contributed by atoms with Crippen LogP contribution in [0.4, 0.5) is 4.79 Å². The number of carboxylic acids is 1. The summed E-state index contributed by atoms with van der Waals surface area (Å²) in [5, 5.41) is 14.4. The van der Waals surface area contributed by atoms with Crippen LogP contribution < -0.4 is 10.6 Å². The Morgan fingerprint density at radius 3 is 2.03 bits per heavy atom. The lowest BCUT2D eigenvalue weighted by Gasteiger charge is -2.21. The quantitative estimate of drug-likeness (QED) is 0.522. The van der Waals surface area contributed by atoms with Crippen molar-refractivity contribution in [2.24, 2.45) is 0 Å². The summed E-state index contributed by atoms with van der Waals surface area (Å²) in [7, 11) is 0. The van der Waals surface area contributed by atoms with Crippen LogP contribution in [0.2, 0.25) is 0 Å². The highest BCUT2D eigenvalue weighted by molar-refractivity contribution is 5.89. The normalized spacial score (nSPS) is 12.3. The Balaban J connectivity index is 2.06. The minimum absolute atomic E-state index is 0.0553. The SMILES string of the molecule is C=C(C)C[C@@H](NC(=O)[C@@H](Cc1ccccc1)NC(=O)OCc1ccccc1)C(=O)O. The van der Waals surface area contributed by atoms with Gasteiger partial charge in [0.05, 0.1) is 0 Å². The molecule has 0 bridgehead atoms. The number of carbonyl (C=O) groups is 3. The van der Waals surface area contributed by atoms with Crippen LogP contribution in [0.15, 0.2) is 72.8 Å². The largest absolute Gasteiger partial charge is 0.480 e. The number of carbonyl (C=O) groups excluding carboxylic acids is 2. The third-order valence-electron chi connectivity index (χ3n) is 4.27. The van der Waals surface area contributed by atoms with Crippen LogP contribution in [0.5, 0.6) is 0 Å². The third-order valence-corrected chi connectivity index (χ3v) is 4.27. The van der Waals surface area contributed by atoms with Gasteiger partial charge in [-0.25, -0.2) is 9.59 Å². The second-order valence-electron chi connectivity index (χ2n) is 7.01. The summed E-state index contributed by atoms with van der Waals surface area (Å²) in [5.74, 6) is -1.78. The number of ether oxygens (including phenoxy) is 1. The van der Waals surface area contributed by atoms with Crippen molar-refractivity contribution in [3.8, 4) is 0 Å². The van der Waals surface area contributed by atoms with Gasteiger partial charge in [0, 0.05) is 6.42 Å². The summed E-state index contributed by atoms with van der Waals surface area (Å²) in [6, 6.07) is 16.1. The Kier molecular flexibility index (Phi) is 8.62. The number of hydrogen-bond acceptors (Lipinski definition) is 4. The minimum Gasteiger partial charge on any atom is -0.480 e. The van der Waals surface area contributed by atoms with E-state index in [9.17, 15) is 19.5 Å². The molecule has 0 aliphatic rings. The molecule has 0 aliphatic carbocycles. The Labute approximate surface area is 175 Å². The molecule has 0 heterocycles. The van der Waals surface area contributed by atoms with E-state index in [1.54, 1.807) is 6.92 Å². The van der Waals surface area contributed by atoms with Gasteiger partial charge in [-0.15, -0.1) is 6.58 Å². The molecule has 0 saturated heterocycles. The number of alkyl carbamates (subject to hydrolysis) is 1. The van der Waals surface area contributed by atoms with Gasteiger partial charge < -0.3 is 20.5 Å². The van der Waals surface area contributed by atoms with E-state index in [-0.39, 0.29) is 19.4 Å². The van der Waals surface area contributed by atoms with E-state index in [1.807, 2.05) is 60.7 Å². The van der Waals surface area contributed by atoms with Gasteiger partial charge in [-0.2, -0.15) is 0 Å². The second-order valence-corrected chi connectivity index (χ2v) is 7.01. The standard InChI is InChI=1S/C23H26N2O5/c1-16(2)13-20(22(27)28)24-21(26)19(14-17-9-5-3-6-10-17)25-23(29)30-15-18-11-7-4-8-12-18/h3-12,19-20H,1,13-15H2,2H3,(H,24,26)(H,25,29)(H,27,28)/t19-,20-/m1/s1. The predicted octanol–water partition coefficient (Wildman–Crippen LogP) is 3.06. The van der Waals surface area contributed by atoms with E-state index in [1.165, 1.54) is 0 Å². The van der Waals surface area contributed by atoms with Crippen molar-refractivity contribution in [1.29, 1.82) is 0 Å². The number of benzene rings is 2. The highest BCUT2D eigenvalue weighted by Gasteiger charge is 2.27. The van der Waals surface area contributed by atoms with Gasteiger partial charge >= 0.3 is 12.1 Å². The van der Waals surface area contributed by atoms with Crippen LogP contribution in [-0.2, 0) is 27.4 Å². The fraction of sp³-hybridized carbons (Fsp3) is 0.261. The highest BCUT2D eigenvalue weighted by Crippen LogP contribution is 2.08. The summed E-state index contributed by atoms with van der Waals surface area (Å²) in [4.78, 5) is 36.5. The number of amides is 2. The van der Waals surface area contributed by atoms with E-state index in [0.29, 0.717) is 5.57 Å². The first-order chi connectivity index (χ1) is 14.3. The molecule has 0 saturated carbocycles. The van der Waals surface area contributed by atoms with Crippen LogP contribution in [0.25, 0.3) is 0 Å². The van der Waals surface area contributed by atoms with Crippen LogP contribution >= 0.6 is 0 Å².